The molecule has 7 nitrogen and oxygen atoms in total. The molecule has 0 bridgehead atoms. The lowest BCUT2D eigenvalue weighted by Crippen LogP contribution is -2.34. The fourth-order valence-corrected chi connectivity index (χ4v) is 2.91. The molecular formula is C23H20N4O3. The number of aromatic nitrogens is 1. The number of hydrogen-bond acceptors (Lipinski definition) is 5. The van der Waals surface area contributed by atoms with E-state index in [-0.39, 0.29) is 24.9 Å². The summed E-state index contributed by atoms with van der Waals surface area (Å²) in [6.45, 7) is 0.526. The molecule has 0 aliphatic rings. The highest BCUT2D eigenvalue weighted by atomic mass is 16.5. The van der Waals surface area contributed by atoms with E-state index in [1.165, 1.54) is 7.11 Å². The molecule has 0 atom stereocenters. The number of nitrogens with one attached hydrogen (secondary N) is 2. The molecule has 1 heterocycles. The van der Waals surface area contributed by atoms with Gasteiger partial charge >= 0.3 is 0 Å². The highest BCUT2D eigenvalue weighted by Crippen LogP contribution is 2.21. The van der Waals surface area contributed by atoms with Crippen LogP contribution in [0.2, 0.25) is 0 Å². The predicted molar refractivity (Wildman–Crippen MR) is 112 cm³/mol. The number of amides is 2. The number of nitriles is 1. The van der Waals surface area contributed by atoms with Crippen LogP contribution in [0.4, 0.5) is 0 Å². The van der Waals surface area contributed by atoms with Crippen molar-refractivity contribution in [2.45, 2.75) is 0 Å². The van der Waals surface area contributed by atoms with Crippen molar-refractivity contribution in [1.29, 1.82) is 5.26 Å². The van der Waals surface area contributed by atoms with E-state index in [1.807, 2.05) is 0 Å². The monoisotopic (exact) mass is 400 g/mol. The Labute approximate surface area is 174 Å². The van der Waals surface area contributed by atoms with Crippen LogP contribution in [0.25, 0.3) is 11.3 Å². The lowest BCUT2D eigenvalue weighted by Gasteiger charge is -2.10. The Bertz CT molecular complexity index is 1110. The summed E-state index contributed by atoms with van der Waals surface area (Å²) in [5.41, 5.74) is 2.53. The first-order valence-corrected chi connectivity index (χ1v) is 9.29. The Balaban J connectivity index is 1.58. The second-order valence-corrected chi connectivity index (χ2v) is 6.30. The molecule has 2 aromatic carbocycles. The molecule has 3 rings (SSSR count). The molecule has 0 saturated carbocycles. The summed E-state index contributed by atoms with van der Waals surface area (Å²) in [5.74, 6) is -0.0668. The first kappa shape index (κ1) is 20.6. The predicted octanol–water partition coefficient (Wildman–Crippen LogP) is 2.79. The lowest BCUT2D eigenvalue weighted by molar-refractivity contribution is 0.0926. The van der Waals surface area contributed by atoms with Crippen LogP contribution in [0, 0.1) is 11.3 Å². The highest BCUT2D eigenvalue weighted by molar-refractivity contribution is 5.97. The Morgan fingerprint density at radius 3 is 2.53 bits per heavy atom. The molecule has 0 aliphatic carbocycles. The van der Waals surface area contributed by atoms with Gasteiger partial charge in [-0.15, -0.1) is 0 Å². The number of para-hydroxylation sites is 1. The van der Waals surface area contributed by atoms with Crippen LogP contribution in [0.5, 0.6) is 5.75 Å². The van der Waals surface area contributed by atoms with Crippen molar-refractivity contribution >= 4 is 11.8 Å². The van der Waals surface area contributed by atoms with Crippen molar-refractivity contribution in [3.05, 3.63) is 83.6 Å². The van der Waals surface area contributed by atoms with E-state index in [4.69, 9.17) is 4.74 Å². The quantitative estimate of drug-likeness (QED) is 0.594. The van der Waals surface area contributed by atoms with Gasteiger partial charge in [0.15, 0.2) is 0 Å². The van der Waals surface area contributed by atoms with E-state index in [2.05, 4.69) is 21.7 Å². The van der Waals surface area contributed by atoms with Gasteiger partial charge in [-0.3, -0.25) is 14.6 Å². The molecule has 150 valence electrons. The van der Waals surface area contributed by atoms with E-state index in [0.29, 0.717) is 33.7 Å². The molecular weight excluding hydrogens is 380 g/mol. The zero-order chi connectivity index (χ0) is 21.3. The zero-order valence-corrected chi connectivity index (χ0v) is 16.4. The SMILES string of the molecule is COc1ccccc1C(=O)NCCNC(=O)c1cccc(-c2ncccc2C#N)c1. The van der Waals surface area contributed by atoms with Gasteiger partial charge in [-0.1, -0.05) is 24.3 Å². The van der Waals surface area contributed by atoms with Gasteiger partial charge in [-0.25, -0.2) is 0 Å². The maximum atomic E-state index is 12.5. The summed E-state index contributed by atoms with van der Waals surface area (Å²) in [6, 6.07) is 19.3. The molecule has 0 unspecified atom stereocenters. The van der Waals surface area contributed by atoms with E-state index in [0.717, 1.165) is 0 Å². The van der Waals surface area contributed by atoms with Gasteiger partial charge in [0.2, 0.25) is 0 Å². The van der Waals surface area contributed by atoms with Gasteiger partial charge in [0.1, 0.15) is 11.8 Å². The molecule has 3 aromatic rings. The first-order chi connectivity index (χ1) is 14.6. The minimum absolute atomic E-state index is 0.261. The van der Waals surface area contributed by atoms with Gasteiger partial charge in [0, 0.05) is 30.4 Å². The molecule has 2 N–H and O–H groups in total. The standard InChI is InChI=1S/C23H20N4O3/c1-30-20-10-3-2-9-19(20)23(29)27-13-12-26-22(28)17-7-4-6-16(14-17)21-18(15-24)8-5-11-25-21/h2-11,14H,12-13H2,1H3,(H,26,28)(H,27,29). The summed E-state index contributed by atoms with van der Waals surface area (Å²) in [4.78, 5) is 29.0. The number of carbonyl (C=O) groups is 2. The number of pyridine rings is 1. The maximum Gasteiger partial charge on any atom is 0.255 e. The number of nitrogens with zero attached hydrogens (tertiary/aromatic N) is 2. The third-order valence-electron chi connectivity index (χ3n) is 4.37. The van der Waals surface area contributed by atoms with Crippen LogP contribution in [-0.4, -0.2) is 37.0 Å². The van der Waals surface area contributed by atoms with Gasteiger partial charge in [0.05, 0.1) is 23.9 Å². The molecule has 0 fully saturated rings. The van der Waals surface area contributed by atoms with E-state index in [9.17, 15) is 14.9 Å². The van der Waals surface area contributed by atoms with Crippen molar-refractivity contribution in [1.82, 2.24) is 15.6 Å². The molecule has 0 saturated heterocycles. The number of rotatable bonds is 7. The number of hydrogen-bond donors (Lipinski definition) is 2. The van der Waals surface area contributed by atoms with E-state index in [1.54, 1.807) is 66.9 Å². The van der Waals surface area contributed by atoms with Gasteiger partial charge < -0.3 is 15.4 Å². The van der Waals surface area contributed by atoms with Crippen LogP contribution >= 0.6 is 0 Å². The molecule has 0 radical (unpaired) electrons. The van der Waals surface area contributed by atoms with Crippen molar-refractivity contribution in [3.8, 4) is 23.1 Å². The molecule has 1 aromatic heterocycles. The minimum Gasteiger partial charge on any atom is -0.496 e. The summed E-state index contributed by atoms with van der Waals surface area (Å²) in [6.07, 6.45) is 1.60. The van der Waals surface area contributed by atoms with Crippen molar-refractivity contribution in [3.63, 3.8) is 0 Å². The third kappa shape index (κ3) is 4.80. The van der Waals surface area contributed by atoms with Crippen LogP contribution in [0.3, 0.4) is 0 Å². The Kier molecular flexibility index (Phi) is 6.74. The normalized spacial score (nSPS) is 10.0. The van der Waals surface area contributed by atoms with Crippen molar-refractivity contribution < 1.29 is 14.3 Å². The fraction of sp³-hybridized carbons (Fsp3) is 0.130. The minimum atomic E-state index is -0.280. The topological polar surface area (TPSA) is 104 Å². The number of methoxy groups -OCH3 is 1. The summed E-state index contributed by atoms with van der Waals surface area (Å²) >= 11 is 0. The Morgan fingerprint density at radius 2 is 1.77 bits per heavy atom. The summed E-state index contributed by atoms with van der Waals surface area (Å²) in [5, 5.41) is 14.8. The van der Waals surface area contributed by atoms with E-state index >= 15 is 0 Å². The Morgan fingerprint density at radius 1 is 1.00 bits per heavy atom. The highest BCUT2D eigenvalue weighted by Gasteiger charge is 2.12. The third-order valence-corrected chi connectivity index (χ3v) is 4.37. The lowest BCUT2D eigenvalue weighted by atomic mass is 10.0. The Hall–Kier alpha value is -4.18. The summed E-state index contributed by atoms with van der Waals surface area (Å²) < 4.78 is 5.18. The second-order valence-electron chi connectivity index (χ2n) is 6.30. The number of benzene rings is 2. The van der Waals surface area contributed by atoms with Crippen molar-refractivity contribution in [2.24, 2.45) is 0 Å². The van der Waals surface area contributed by atoms with Crippen LogP contribution in [0.15, 0.2) is 66.9 Å². The van der Waals surface area contributed by atoms with Crippen LogP contribution < -0.4 is 15.4 Å². The zero-order valence-electron chi connectivity index (χ0n) is 16.4. The van der Waals surface area contributed by atoms with Crippen molar-refractivity contribution in [2.75, 3.05) is 20.2 Å². The van der Waals surface area contributed by atoms with Gasteiger partial charge in [-0.2, -0.15) is 5.26 Å². The first-order valence-electron chi connectivity index (χ1n) is 9.29. The smallest absolute Gasteiger partial charge is 0.255 e. The average molecular weight is 400 g/mol. The largest absolute Gasteiger partial charge is 0.496 e. The van der Waals surface area contributed by atoms with Crippen LogP contribution in [0.1, 0.15) is 26.3 Å². The molecule has 2 amide bonds. The second kappa shape index (κ2) is 9.85. The molecule has 30 heavy (non-hydrogen) atoms. The molecule has 0 aliphatic heterocycles. The van der Waals surface area contributed by atoms with Crippen LogP contribution in [-0.2, 0) is 0 Å². The maximum absolute atomic E-state index is 12.5. The number of carbonyl (C=O) groups excluding carboxylic acids is 2. The van der Waals surface area contributed by atoms with Gasteiger partial charge in [-0.05, 0) is 36.4 Å². The van der Waals surface area contributed by atoms with Gasteiger partial charge in [0.25, 0.3) is 11.8 Å². The molecule has 0 spiro atoms. The average Bonchev–Trinajstić information content (AvgIpc) is 2.81. The fourth-order valence-electron chi connectivity index (χ4n) is 2.91. The van der Waals surface area contributed by atoms with E-state index < -0.39 is 0 Å². The number of ether oxygens (including phenoxy) is 1. The summed E-state index contributed by atoms with van der Waals surface area (Å²) in [7, 11) is 1.50. The molecule has 7 heteroatoms.